The van der Waals surface area contributed by atoms with E-state index in [0.717, 1.165) is 44.2 Å². The van der Waals surface area contributed by atoms with Gasteiger partial charge in [-0.25, -0.2) is 13.3 Å². The van der Waals surface area contributed by atoms with Gasteiger partial charge < -0.3 is 9.30 Å². The third-order valence-corrected chi connectivity index (χ3v) is 7.37. The molecule has 2 aliphatic rings. The number of aromatic nitrogens is 1. The van der Waals surface area contributed by atoms with Gasteiger partial charge in [-0.15, -0.1) is 0 Å². The summed E-state index contributed by atoms with van der Waals surface area (Å²) in [6.07, 6.45) is 7.30. The molecule has 1 saturated carbocycles. The van der Waals surface area contributed by atoms with Crippen LogP contribution < -0.4 is 10.3 Å². The number of pyridine rings is 1. The van der Waals surface area contributed by atoms with Crippen LogP contribution in [0.5, 0.6) is 0 Å². The molecule has 31 heavy (non-hydrogen) atoms. The van der Waals surface area contributed by atoms with Gasteiger partial charge in [0.25, 0.3) is 5.56 Å². The van der Waals surface area contributed by atoms with Crippen molar-refractivity contribution in [3.05, 3.63) is 69.4 Å². The quantitative estimate of drug-likeness (QED) is 0.735. The molecule has 1 aliphatic heterocycles. The minimum absolute atomic E-state index is 0.0134. The van der Waals surface area contributed by atoms with E-state index in [9.17, 15) is 13.4 Å². The predicted molar refractivity (Wildman–Crippen MR) is 121 cm³/mol. The topological polar surface area (TPSA) is 60.3 Å². The second-order valence-electron chi connectivity index (χ2n) is 8.83. The van der Waals surface area contributed by atoms with Gasteiger partial charge in [0.1, 0.15) is 5.82 Å². The van der Waals surface area contributed by atoms with Gasteiger partial charge in [0.15, 0.2) is 0 Å². The Hall–Kier alpha value is -1.83. The summed E-state index contributed by atoms with van der Waals surface area (Å²) in [5.41, 5.74) is 2.94. The van der Waals surface area contributed by atoms with Crippen LogP contribution in [-0.2, 0) is 22.1 Å². The number of ether oxygens (including phenoxy) is 1. The van der Waals surface area contributed by atoms with Crippen LogP contribution in [0, 0.1) is 12.7 Å². The summed E-state index contributed by atoms with van der Waals surface area (Å²) >= 11 is 0. The average molecular weight is 447 g/mol. The van der Waals surface area contributed by atoms with Crippen LogP contribution in [0.2, 0.25) is 0 Å². The van der Waals surface area contributed by atoms with Crippen molar-refractivity contribution in [1.29, 1.82) is 0 Å². The van der Waals surface area contributed by atoms with Crippen molar-refractivity contribution >= 4 is 11.0 Å². The van der Waals surface area contributed by atoms with Gasteiger partial charge in [-0.05, 0) is 75.1 Å². The Labute approximate surface area is 185 Å². The zero-order valence-corrected chi connectivity index (χ0v) is 19.0. The lowest BCUT2D eigenvalue weighted by atomic mass is 9.82. The Morgan fingerprint density at radius 1 is 1.10 bits per heavy atom. The second-order valence-corrected chi connectivity index (χ2v) is 9.97. The highest BCUT2D eigenvalue weighted by atomic mass is 32.2. The molecule has 2 aromatic rings. The molecule has 1 aliphatic carbocycles. The lowest BCUT2D eigenvalue weighted by Gasteiger charge is -2.37. The fourth-order valence-corrected chi connectivity index (χ4v) is 5.71. The van der Waals surface area contributed by atoms with Gasteiger partial charge >= 0.3 is 0 Å². The maximum absolute atomic E-state index is 13.2. The number of benzene rings is 1. The zero-order valence-electron chi connectivity index (χ0n) is 18.2. The predicted octanol–water partition coefficient (Wildman–Crippen LogP) is 3.78. The van der Waals surface area contributed by atoms with Crippen LogP contribution in [0.25, 0.3) is 0 Å². The molecule has 0 saturated heterocycles. The number of nitrogens with zero attached hydrogens (tertiary/aromatic N) is 1. The fraction of sp³-hybridized carbons (Fsp3) is 0.542. The van der Waals surface area contributed by atoms with E-state index in [1.54, 1.807) is 6.26 Å². The molecular weight excluding hydrogens is 415 g/mol. The summed E-state index contributed by atoms with van der Waals surface area (Å²) in [6, 6.07) is 10.5. The first-order valence-corrected chi connectivity index (χ1v) is 12.7. The number of nitrogens with one attached hydrogen (secondary N) is 1. The van der Waals surface area contributed by atoms with Gasteiger partial charge in [-0.2, -0.15) is 0 Å². The van der Waals surface area contributed by atoms with Crippen molar-refractivity contribution < 1.29 is 13.3 Å². The summed E-state index contributed by atoms with van der Waals surface area (Å²) in [5, 5.41) is 0. The van der Waals surface area contributed by atoms with Crippen molar-refractivity contribution in [2.45, 2.75) is 69.6 Å². The molecule has 1 N–H and O–H groups in total. The van der Waals surface area contributed by atoms with Crippen molar-refractivity contribution in [1.82, 2.24) is 9.29 Å². The van der Waals surface area contributed by atoms with Crippen LogP contribution >= 0.6 is 0 Å². The molecule has 0 radical (unpaired) electrons. The molecule has 0 spiro atoms. The number of hydrogen-bond acceptors (Lipinski definition) is 3. The van der Waals surface area contributed by atoms with Crippen LogP contribution in [0.3, 0.4) is 0 Å². The van der Waals surface area contributed by atoms with E-state index in [1.807, 2.05) is 35.8 Å². The summed E-state index contributed by atoms with van der Waals surface area (Å²) in [4.78, 5) is 12.9. The van der Waals surface area contributed by atoms with E-state index < -0.39 is 11.0 Å². The highest BCUT2D eigenvalue weighted by molar-refractivity contribution is 7.82. The SMILES string of the molecule is Cc1ccc2n(c1=O)C(COC1CCC(c3ccc(F)cc3)CC1)C(NS(C)=O)CC2. The monoisotopic (exact) mass is 446 g/mol. The molecule has 4 rings (SSSR count). The summed E-state index contributed by atoms with van der Waals surface area (Å²) in [5.74, 6) is 0.244. The van der Waals surface area contributed by atoms with Gasteiger partial charge in [0, 0.05) is 23.6 Å². The second kappa shape index (κ2) is 9.76. The van der Waals surface area contributed by atoms with E-state index in [0.29, 0.717) is 18.1 Å². The van der Waals surface area contributed by atoms with Gasteiger partial charge in [0.2, 0.25) is 0 Å². The highest BCUT2D eigenvalue weighted by Gasteiger charge is 2.32. The van der Waals surface area contributed by atoms with Crippen LogP contribution in [0.4, 0.5) is 4.39 Å². The molecule has 3 atom stereocenters. The molecule has 2 heterocycles. The van der Waals surface area contributed by atoms with Gasteiger partial charge in [-0.3, -0.25) is 4.79 Å². The standard InChI is InChI=1S/C24H31FN2O3S/c1-16-3-10-20-11-14-22(26-31(2)29)23(27(20)24(16)28)15-30-21-12-6-18(7-13-21)17-4-8-19(25)9-5-17/h3-5,8-10,18,21-23,26H,6-7,11-15H2,1-2H3. The molecule has 1 fully saturated rings. The Morgan fingerprint density at radius 2 is 1.81 bits per heavy atom. The fourth-order valence-electron chi connectivity index (χ4n) is 5.01. The largest absolute Gasteiger partial charge is 0.376 e. The average Bonchev–Trinajstić information content (AvgIpc) is 2.76. The first-order valence-electron chi connectivity index (χ1n) is 11.1. The molecule has 7 heteroatoms. The van der Waals surface area contributed by atoms with Crippen molar-refractivity contribution in [3.8, 4) is 0 Å². The van der Waals surface area contributed by atoms with E-state index in [2.05, 4.69) is 4.72 Å². The Bertz CT molecular complexity index is 983. The molecule has 168 valence electrons. The first-order chi connectivity index (χ1) is 14.9. The summed E-state index contributed by atoms with van der Waals surface area (Å²) < 4.78 is 36.4. The zero-order chi connectivity index (χ0) is 22.0. The molecule has 1 aromatic carbocycles. The van der Waals surface area contributed by atoms with Crippen LogP contribution in [0.15, 0.2) is 41.2 Å². The maximum atomic E-state index is 13.2. The Morgan fingerprint density at radius 3 is 2.48 bits per heavy atom. The number of halogens is 1. The third kappa shape index (κ3) is 5.16. The first kappa shape index (κ1) is 22.4. The van der Waals surface area contributed by atoms with Gasteiger partial charge in [0.05, 0.1) is 29.7 Å². The Balaban J connectivity index is 1.43. The van der Waals surface area contributed by atoms with Crippen molar-refractivity contribution in [2.75, 3.05) is 12.9 Å². The number of aryl methyl sites for hydroxylation is 2. The smallest absolute Gasteiger partial charge is 0.254 e. The van der Waals surface area contributed by atoms with E-state index in [4.69, 9.17) is 4.74 Å². The third-order valence-electron chi connectivity index (χ3n) is 6.73. The minimum Gasteiger partial charge on any atom is -0.376 e. The molecule has 5 nitrogen and oxygen atoms in total. The van der Waals surface area contributed by atoms with E-state index >= 15 is 0 Å². The lowest BCUT2D eigenvalue weighted by Crippen LogP contribution is -2.48. The Kier molecular flexibility index (Phi) is 7.04. The van der Waals surface area contributed by atoms with E-state index in [-0.39, 0.29) is 29.6 Å². The van der Waals surface area contributed by atoms with Crippen molar-refractivity contribution in [2.24, 2.45) is 0 Å². The number of rotatable bonds is 6. The molecule has 1 aromatic heterocycles. The molecule has 0 bridgehead atoms. The lowest BCUT2D eigenvalue weighted by molar-refractivity contribution is -0.00160. The highest BCUT2D eigenvalue weighted by Crippen LogP contribution is 2.35. The van der Waals surface area contributed by atoms with Gasteiger partial charge in [-0.1, -0.05) is 18.2 Å². The molecular formula is C24H31FN2O3S. The van der Waals surface area contributed by atoms with Crippen molar-refractivity contribution in [3.63, 3.8) is 0 Å². The normalized spacial score (nSPS) is 26.9. The summed E-state index contributed by atoms with van der Waals surface area (Å²) in [6.45, 7) is 2.26. The van der Waals surface area contributed by atoms with Crippen LogP contribution in [-0.4, -0.2) is 33.8 Å². The molecule has 0 amide bonds. The number of fused-ring (bicyclic) bond motifs is 1. The van der Waals surface area contributed by atoms with E-state index in [1.165, 1.54) is 17.7 Å². The van der Waals surface area contributed by atoms with Crippen LogP contribution in [0.1, 0.15) is 60.9 Å². The summed E-state index contributed by atoms with van der Waals surface area (Å²) in [7, 11) is -1.16. The maximum Gasteiger partial charge on any atom is 0.254 e. The number of hydrogen-bond donors (Lipinski definition) is 1. The molecule has 3 unspecified atom stereocenters. The minimum atomic E-state index is -1.16.